The largest absolute Gasteiger partial charge is 0.490 e. The van der Waals surface area contributed by atoms with Crippen molar-refractivity contribution in [3.8, 4) is 11.6 Å². The number of H-pyrrole nitrogens is 1. The molecular formula is C21H24N2O3. The molecule has 3 rings (SSSR count). The first-order valence-electron chi connectivity index (χ1n) is 8.90. The lowest BCUT2D eigenvalue weighted by Gasteiger charge is -2.08. The van der Waals surface area contributed by atoms with Gasteiger partial charge in [0.1, 0.15) is 24.7 Å². The Hall–Kier alpha value is -2.82. The summed E-state index contributed by atoms with van der Waals surface area (Å²) in [7, 11) is 0. The molecule has 1 N–H and O–H groups in total. The van der Waals surface area contributed by atoms with Gasteiger partial charge in [0.15, 0.2) is 0 Å². The van der Waals surface area contributed by atoms with E-state index >= 15 is 0 Å². The summed E-state index contributed by atoms with van der Waals surface area (Å²) < 4.78 is 11.4. The molecule has 1 aromatic carbocycles. The van der Waals surface area contributed by atoms with Crippen molar-refractivity contribution in [2.75, 3.05) is 13.2 Å². The van der Waals surface area contributed by atoms with Crippen LogP contribution >= 0.6 is 0 Å². The lowest BCUT2D eigenvalue weighted by Crippen LogP contribution is -2.09. The lowest BCUT2D eigenvalue weighted by molar-refractivity contribution is -0.117. The number of pyridine rings is 1. The highest BCUT2D eigenvalue weighted by molar-refractivity contribution is 5.84. The molecule has 0 aliphatic heterocycles. The van der Waals surface area contributed by atoms with E-state index in [1.165, 1.54) is 5.56 Å². The third-order valence-electron chi connectivity index (χ3n) is 4.18. The van der Waals surface area contributed by atoms with Gasteiger partial charge in [0, 0.05) is 35.3 Å². The van der Waals surface area contributed by atoms with Crippen molar-refractivity contribution in [1.29, 1.82) is 0 Å². The minimum absolute atomic E-state index is 0.233. The molecule has 5 heteroatoms. The minimum Gasteiger partial charge on any atom is -0.490 e. The summed E-state index contributed by atoms with van der Waals surface area (Å²) in [5.41, 5.74) is 3.22. The first kappa shape index (κ1) is 18.0. The summed E-state index contributed by atoms with van der Waals surface area (Å²) >= 11 is 0. The summed E-state index contributed by atoms with van der Waals surface area (Å²) in [5.74, 6) is 1.66. The third kappa shape index (κ3) is 4.85. The molecule has 0 saturated heterocycles. The number of hydrogen-bond acceptors (Lipinski definition) is 4. The normalized spacial score (nSPS) is 10.8. The van der Waals surface area contributed by atoms with Gasteiger partial charge in [-0.2, -0.15) is 0 Å². The average molecular weight is 352 g/mol. The molecule has 0 amide bonds. The van der Waals surface area contributed by atoms with Crippen molar-refractivity contribution in [3.05, 3.63) is 53.9 Å². The Kier molecular flexibility index (Phi) is 5.89. The van der Waals surface area contributed by atoms with Crippen LogP contribution in [0, 0.1) is 6.92 Å². The number of Topliss-reactive ketones (excluding diaryl/α,β-unsaturated/α-hetero) is 1. The van der Waals surface area contributed by atoms with Crippen molar-refractivity contribution >= 4 is 16.7 Å². The zero-order valence-corrected chi connectivity index (χ0v) is 15.2. The average Bonchev–Trinajstić information content (AvgIpc) is 3.01. The molecule has 2 aromatic heterocycles. The van der Waals surface area contributed by atoms with E-state index in [1.807, 2.05) is 49.5 Å². The Morgan fingerprint density at radius 2 is 2.00 bits per heavy atom. The Morgan fingerprint density at radius 3 is 2.81 bits per heavy atom. The van der Waals surface area contributed by atoms with Crippen LogP contribution in [0.5, 0.6) is 11.6 Å². The van der Waals surface area contributed by atoms with Crippen LogP contribution < -0.4 is 9.47 Å². The van der Waals surface area contributed by atoms with Gasteiger partial charge in [-0.3, -0.25) is 0 Å². The standard InChI is InChI=1S/C21H24N2O3/c1-15-5-3-8-21(23-15)26-12-11-25-18-9-10-20-19(13-18)17(14-22-20)7-4-6-16(2)24/h3,5,8-10,13-14,22H,4,6-7,11-12H2,1-2H3. The summed E-state index contributed by atoms with van der Waals surface area (Å²) in [6.45, 7) is 4.46. The summed E-state index contributed by atoms with van der Waals surface area (Å²) in [6, 6.07) is 11.7. The number of benzene rings is 1. The predicted octanol–water partition coefficient (Wildman–Crippen LogP) is 4.24. The number of ether oxygens (including phenoxy) is 2. The number of ketones is 1. The molecule has 0 fully saturated rings. The number of rotatable bonds is 9. The first-order valence-corrected chi connectivity index (χ1v) is 8.90. The Bertz CT molecular complexity index is 886. The van der Waals surface area contributed by atoms with Crippen LogP contribution in [0.25, 0.3) is 10.9 Å². The number of fused-ring (bicyclic) bond motifs is 1. The predicted molar refractivity (Wildman–Crippen MR) is 102 cm³/mol. The smallest absolute Gasteiger partial charge is 0.213 e. The summed E-state index contributed by atoms with van der Waals surface area (Å²) in [5, 5.41) is 1.15. The molecular weight excluding hydrogens is 328 g/mol. The maximum atomic E-state index is 11.1. The van der Waals surface area contributed by atoms with Gasteiger partial charge in [0.05, 0.1) is 0 Å². The van der Waals surface area contributed by atoms with Crippen molar-refractivity contribution in [2.45, 2.75) is 33.1 Å². The van der Waals surface area contributed by atoms with Crippen molar-refractivity contribution < 1.29 is 14.3 Å². The van der Waals surface area contributed by atoms with Crippen LogP contribution in [0.1, 0.15) is 31.0 Å². The molecule has 0 aliphatic rings. The number of nitrogens with one attached hydrogen (secondary N) is 1. The number of carbonyl (C=O) groups is 1. The molecule has 0 aliphatic carbocycles. The molecule has 0 spiro atoms. The molecule has 0 radical (unpaired) electrons. The van der Waals surface area contributed by atoms with Crippen molar-refractivity contribution in [1.82, 2.24) is 9.97 Å². The number of aromatic amines is 1. The minimum atomic E-state index is 0.233. The van der Waals surface area contributed by atoms with Gasteiger partial charge in [-0.25, -0.2) is 4.98 Å². The lowest BCUT2D eigenvalue weighted by atomic mass is 10.1. The highest BCUT2D eigenvalue weighted by atomic mass is 16.5. The molecule has 0 atom stereocenters. The van der Waals surface area contributed by atoms with Gasteiger partial charge in [0.2, 0.25) is 5.88 Å². The highest BCUT2D eigenvalue weighted by Gasteiger charge is 2.06. The van der Waals surface area contributed by atoms with E-state index in [4.69, 9.17) is 9.47 Å². The van der Waals surface area contributed by atoms with Crippen LogP contribution in [0.2, 0.25) is 0 Å². The molecule has 0 unspecified atom stereocenters. The molecule has 0 bridgehead atoms. The van der Waals surface area contributed by atoms with Gasteiger partial charge in [-0.1, -0.05) is 6.07 Å². The van der Waals surface area contributed by atoms with E-state index in [9.17, 15) is 4.79 Å². The number of carbonyl (C=O) groups excluding carboxylic acids is 1. The molecule has 2 heterocycles. The molecule has 136 valence electrons. The quantitative estimate of drug-likeness (QED) is 0.585. The second kappa shape index (κ2) is 8.52. The highest BCUT2D eigenvalue weighted by Crippen LogP contribution is 2.25. The number of nitrogens with zero attached hydrogens (tertiary/aromatic N) is 1. The van der Waals surface area contributed by atoms with Gasteiger partial charge in [-0.05, 0) is 56.5 Å². The second-order valence-electron chi connectivity index (χ2n) is 6.39. The van der Waals surface area contributed by atoms with E-state index in [1.54, 1.807) is 6.92 Å². The van der Waals surface area contributed by atoms with E-state index < -0.39 is 0 Å². The summed E-state index contributed by atoms with van der Waals surface area (Å²) in [6.07, 6.45) is 4.38. The molecule has 3 aromatic rings. The van der Waals surface area contributed by atoms with Gasteiger partial charge < -0.3 is 19.3 Å². The van der Waals surface area contributed by atoms with Crippen LogP contribution in [-0.4, -0.2) is 29.0 Å². The van der Waals surface area contributed by atoms with E-state index in [2.05, 4.69) is 9.97 Å². The fourth-order valence-electron chi connectivity index (χ4n) is 2.89. The van der Waals surface area contributed by atoms with Crippen LogP contribution in [-0.2, 0) is 11.2 Å². The Balaban J connectivity index is 1.55. The van der Waals surface area contributed by atoms with Crippen molar-refractivity contribution in [3.63, 3.8) is 0 Å². The Morgan fingerprint density at radius 1 is 1.15 bits per heavy atom. The maximum Gasteiger partial charge on any atom is 0.213 e. The number of aromatic nitrogens is 2. The number of aryl methyl sites for hydroxylation is 2. The second-order valence-corrected chi connectivity index (χ2v) is 6.39. The fraction of sp³-hybridized carbons (Fsp3) is 0.333. The van der Waals surface area contributed by atoms with E-state index in [0.29, 0.717) is 25.5 Å². The third-order valence-corrected chi connectivity index (χ3v) is 4.18. The number of hydrogen-bond donors (Lipinski definition) is 1. The Labute approximate surface area is 153 Å². The monoisotopic (exact) mass is 352 g/mol. The van der Waals surface area contributed by atoms with E-state index in [0.717, 1.165) is 35.2 Å². The zero-order chi connectivity index (χ0) is 18.4. The first-order chi connectivity index (χ1) is 12.6. The fourth-order valence-corrected chi connectivity index (χ4v) is 2.89. The molecule has 26 heavy (non-hydrogen) atoms. The van der Waals surface area contributed by atoms with E-state index in [-0.39, 0.29) is 5.78 Å². The summed E-state index contributed by atoms with van der Waals surface area (Å²) in [4.78, 5) is 18.7. The molecule has 0 saturated carbocycles. The van der Waals surface area contributed by atoms with Crippen LogP contribution in [0.15, 0.2) is 42.6 Å². The van der Waals surface area contributed by atoms with Crippen LogP contribution in [0.4, 0.5) is 0 Å². The van der Waals surface area contributed by atoms with Crippen LogP contribution in [0.3, 0.4) is 0 Å². The SMILES string of the molecule is CC(=O)CCCc1c[nH]c2ccc(OCCOc3cccc(C)n3)cc12. The van der Waals surface area contributed by atoms with Crippen molar-refractivity contribution in [2.24, 2.45) is 0 Å². The molecule has 5 nitrogen and oxygen atoms in total. The topological polar surface area (TPSA) is 64.2 Å². The zero-order valence-electron chi connectivity index (χ0n) is 15.2. The van der Waals surface area contributed by atoms with Gasteiger partial charge in [-0.15, -0.1) is 0 Å². The van der Waals surface area contributed by atoms with Gasteiger partial charge in [0.25, 0.3) is 0 Å². The van der Waals surface area contributed by atoms with Gasteiger partial charge >= 0.3 is 0 Å². The maximum absolute atomic E-state index is 11.1.